The van der Waals surface area contributed by atoms with Crippen LogP contribution in [0.3, 0.4) is 0 Å². The lowest BCUT2D eigenvalue weighted by molar-refractivity contribution is -0.136. The lowest BCUT2D eigenvalue weighted by Crippen LogP contribution is -2.02. The summed E-state index contributed by atoms with van der Waals surface area (Å²) in [6.45, 7) is 7.09. The number of nitrogens with zero attached hydrogens (tertiary/aromatic N) is 1. The minimum absolute atomic E-state index is 0.0992. The van der Waals surface area contributed by atoms with E-state index in [1.165, 1.54) is 6.26 Å². The minimum atomic E-state index is -1.02. The van der Waals surface area contributed by atoms with Crippen LogP contribution in [0.2, 0.25) is 0 Å². The number of benzene rings is 1. The van der Waals surface area contributed by atoms with Crippen molar-refractivity contribution in [2.24, 2.45) is 0 Å². The molecule has 0 aliphatic rings. The van der Waals surface area contributed by atoms with Gasteiger partial charge in [-0.25, -0.2) is 4.85 Å². The molecule has 2 N–H and O–H groups in total. The first kappa shape index (κ1) is 14.6. The zero-order chi connectivity index (χ0) is 16.4. The van der Waals surface area contributed by atoms with E-state index >= 15 is 0 Å². The molecule has 0 saturated carbocycles. The van der Waals surface area contributed by atoms with Crippen molar-refractivity contribution in [2.75, 3.05) is 0 Å². The van der Waals surface area contributed by atoms with E-state index in [9.17, 15) is 9.59 Å². The van der Waals surface area contributed by atoms with E-state index in [4.69, 9.17) is 16.1 Å². The smallest absolute Gasteiger partial charge is 0.303 e. The summed E-state index contributed by atoms with van der Waals surface area (Å²) in [5, 5.41) is 9.49. The summed E-state index contributed by atoms with van der Waals surface area (Å²) in [5.41, 5.74) is 2.94. The second kappa shape index (κ2) is 5.81. The van der Waals surface area contributed by atoms with Gasteiger partial charge in [0.1, 0.15) is 0 Å². The van der Waals surface area contributed by atoms with E-state index in [0.29, 0.717) is 11.3 Å². The van der Waals surface area contributed by atoms with Crippen molar-refractivity contribution in [2.45, 2.75) is 12.8 Å². The molecule has 0 radical (unpaired) electrons. The van der Waals surface area contributed by atoms with Gasteiger partial charge in [-0.1, -0.05) is 6.07 Å². The molecule has 0 atom stereocenters. The number of H-pyrrole nitrogens is 1. The molecule has 0 bridgehead atoms. The Balaban J connectivity index is 1.93. The molecule has 0 amide bonds. The largest absolute Gasteiger partial charge is 0.481 e. The van der Waals surface area contributed by atoms with Gasteiger partial charge in [-0.3, -0.25) is 9.59 Å². The number of fused-ring (bicyclic) bond motifs is 1. The van der Waals surface area contributed by atoms with Crippen LogP contribution in [0.25, 0.3) is 26.9 Å². The van der Waals surface area contributed by atoms with E-state index in [1.54, 1.807) is 24.4 Å². The minimum Gasteiger partial charge on any atom is -0.481 e. The van der Waals surface area contributed by atoms with Crippen molar-refractivity contribution in [3.63, 3.8) is 0 Å². The summed E-state index contributed by atoms with van der Waals surface area (Å²) >= 11 is 0. The van der Waals surface area contributed by atoms with Gasteiger partial charge in [-0.05, 0) is 23.6 Å². The fraction of sp³-hybridized carbons (Fsp3) is 0.118. The van der Waals surface area contributed by atoms with E-state index in [1.807, 2.05) is 6.07 Å². The Kier molecular flexibility index (Phi) is 3.69. The zero-order valence-corrected chi connectivity index (χ0v) is 12.0. The Hall–Kier alpha value is -3.33. The topological polar surface area (TPSA) is 87.7 Å². The van der Waals surface area contributed by atoms with Crippen LogP contribution in [0.5, 0.6) is 0 Å². The molecule has 0 aliphatic heterocycles. The highest BCUT2D eigenvalue weighted by molar-refractivity contribution is 6.00. The van der Waals surface area contributed by atoms with Gasteiger partial charge in [-0.15, -0.1) is 0 Å². The Bertz CT molecular complexity index is 943. The molecule has 3 aromatic rings. The number of Topliss-reactive ketones (excluding diaryl/α,β-unsaturated/α-hetero) is 1. The summed E-state index contributed by atoms with van der Waals surface area (Å²) in [6.07, 6.45) is 2.92. The Morgan fingerprint density at radius 3 is 2.83 bits per heavy atom. The van der Waals surface area contributed by atoms with E-state index in [0.717, 1.165) is 16.5 Å². The maximum absolute atomic E-state index is 11.9. The standard InChI is InChI=1S/C17H12N2O4/c1-18-11-2-3-14-12(7-11)13(8-19-14)10-6-16(23-9-10)15(20)4-5-17(21)22/h2-3,6-9,19H,4-5H2,(H,21,22). The highest BCUT2D eigenvalue weighted by Crippen LogP contribution is 2.32. The molecular weight excluding hydrogens is 296 g/mol. The third-order valence-electron chi connectivity index (χ3n) is 3.55. The van der Waals surface area contributed by atoms with Gasteiger partial charge in [-0.2, -0.15) is 0 Å². The lowest BCUT2D eigenvalue weighted by Gasteiger charge is -1.95. The van der Waals surface area contributed by atoms with Gasteiger partial charge in [0.05, 0.1) is 19.3 Å². The number of ketones is 1. The quantitative estimate of drug-likeness (QED) is 0.550. The normalized spacial score (nSPS) is 10.6. The monoisotopic (exact) mass is 308 g/mol. The van der Waals surface area contributed by atoms with E-state index in [-0.39, 0.29) is 24.4 Å². The predicted octanol–water partition coefficient (Wildman–Crippen LogP) is 4.03. The summed E-state index contributed by atoms with van der Waals surface area (Å²) < 4.78 is 5.27. The summed E-state index contributed by atoms with van der Waals surface area (Å²) in [4.78, 5) is 28.9. The first-order chi connectivity index (χ1) is 11.1. The van der Waals surface area contributed by atoms with Crippen molar-refractivity contribution in [1.82, 2.24) is 4.98 Å². The number of hydrogen-bond acceptors (Lipinski definition) is 3. The first-order valence-electron chi connectivity index (χ1n) is 6.91. The first-order valence-corrected chi connectivity index (χ1v) is 6.91. The van der Waals surface area contributed by atoms with Gasteiger partial charge in [0.15, 0.2) is 17.2 Å². The molecule has 0 saturated heterocycles. The Morgan fingerprint density at radius 2 is 2.09 bits per heavy atom. The second-order valence-corrected chi connectivity index (χ2v) is 5.06. The van der Waals surface area contributed by atoms with Gasteiger partial charge in [0.2, 0.25) is 0 Å². The van der Waals surface area contributed by atoms with Crippen molar-refractivity contribution in [1.29, 1.82) is 0 Å². The van der Waals surface area contributed by atoms with Crippen LogP contribution >= 0.6 is 0 Å². The van der Waals surface area contributed by atoms with Crippen LogP contribution in [0.15, 0.2) is 41.1 Å². The SMILES string of the molecule is [C-]#[N+]c1ccc2[nH]cc(-c3coc(C(=O)CCC(=O)O)c3)c2c1. The average molecular weight is 308 g/mol. The van der Waals surface area contributed by atoms with Gasteiger partial charge < -0.3 is 14.5 Å². The number of carboxylic acids is 1. The van der Waals surface area contributed by atoms with Crippen LogP contribution in [0.1, 0.15) is 23.4 Å². The molecular formula is C17H12N2O4. The third kappa shape index (κ3) is 2.85. The number of aromatic amines is 1. The number of hydrogen-bond donors (Lipinski definition) is 2. The summed E-state index contributed by atoms with van der Waals surface area (Å²) in [6, 6.07) is 6.92. The highest BCUT2D eigenvalue weighted by Gasteiger charge is 2.15. The van der Waals surface area contributed by atoms with Crippen LogP contribution in [0.4, 0.5) is 5.69 Å². The maximum Gasteiger partial charge on any atom is 0.303 e. The maximum atomic E-state index is 11.9. The molecule has 23 heavy (non-hydrogen) atoms. The fourth-order valence-electron chi connectivity index (χ4n) is 2.38. The van der Waals surface area contributed by atoms with E-state index in [2.05, 4.69) is 9.83 Å². The Morgan fingerprint density at radius 1 is 1.26 bits per heavy atom. The van der Waals surface area contributed by atoms with Gasteiger partial charge in [0.25, 0.3) is 0 Å². The predicted molar refractivity (Wildman–Crippen MR) is 83.5 cm³/mol. The summed E-state index contributed by atoms with van der Waals surface area (Å²) in [5.74, 6) is -1.23. The van der Waals surface area contributed by atoms with Crippen LogP contribution < -0.4 is 0 Å². The molecule has 3 rings (SSSR count). The van der Waals surface area contributed by atoms with E-state index < -0.39 is 5.97 Å². The molecule has 6 heteroatoms. The number of aromatic nitrogens is 1. The molecule has 2 aromatic heterocycles. The molecule has 0 fully saturated rings. The molecule has 1 aromatic carbocycles. The number of rotatable bonds is 5. The third-order valence-corrected chi connectivity index (χ3v) is 3.55. The molecule has 0 unspecified atom stereocenters. The van der Waals surface area contributed by atoms with Crippen molar-refractivity contribution >= 4 is 28.3 Å². The van der Waals surface area contributed by atoms with Gasteiger partial charge >= 0.3 is 5.97 Å². The zero-order valence-electron chi connectivity index (χ0n) is 12.0. The summed E-state index contributed by atoms with van der Waals surface area (Å²) in [7, 11) is 0. The highest BCUT2D eigenvalue weighted by atomic mass is 16.4. The van der Waals surface area contributed by atoms with Crippen LogP contribution in [-0.2, 0) is 4.79 Å². The molecule has 0 aliphatic carbocycles. The van der Waals surface area contributed by atoms with Gasteiger partial charge in [0, 0.05) is 29.3 Å². The Labute approximate surface area is 131 Å². The van der Waals surface area contributed by atoms with Crippen LogP contribution in [-0.4, -0.2) is 21.8 Å². The van der Waals surface area contributed by atoms with Crippen molar-refractivity contribution in [3.8, 4) is 11.1 Å². The fourth-order valence-corrected chi connectivity index (χ4v) is 2.38. The number of furan rings is 1. The number of carboxylic acid groups (broad SMARTS) is 1. The van der Waals surface area contributed by atoms with Crippen molar-refractivity contribution in [3.05, 3.63) is 53.9 Å². The number of nitrogens with one attached hydrogen (secondary N) is 1. The molecule has 0 spiro atoms. The average Bonchev–Trinajstić information content (AvgIpc) is 3.18. The number of aliphatic carboxylic acids is 1. The molecule has 2 heterocycles. The number of carbonyl (C=O) groups is 2. The van der Waals surface area contributed by atoms with Crippen molar-refractivity contribution < 1.29 is 19.1 Å². The molecule has 6 nitrogen and oxygen atoms in total. The lowest BCUT2D eigenvalue weighted by atomic mass is 10.1. The van der Waals surface area contributed by atoms with Crippen LogP contribution in [0, 0.1) is 6.57 Å². The number of carbonyl (C=O) groups excluding carboxylic acids is 1. The second-order valence-electron chi connectivity index (χ2n) is 5.06. The molecule has 114 valence electrons.